The molecule has 1 rings (SSSR count). The van der Waals surface area contributed by atoms with Crippen molar-refractivity contribution in [3.63, 3.8) is 0 Å². The maximum absolute atomic E-state index is 12.2. The monoisotopic (exact) mass is 317 g/mol. The fourth-order valence-corrected chi connectivity index (χ4v) is 1.91. The van der Waals surface area contributed by atoms with Gasteiger partial charge in [-0.25, -0.2) is 0 Å². The molecule has 0 aliphatic carbocycles. The molecule has 0 bridgehead atoms. The Morgan fingerprint density at radius 3 is 2.67 bits per heavy atom. The van der Waals surface area contributed by atoms with Gasteiger partial charge in [0.25, 0.3) is 5.91 Å². The van der Waals surface area contributed by atoms with Gasteiger partial charge in [-0.05, 0) is 35.3 Å². The van der Waals surface area contributed by atoms with E-state index in [1.54, 1.807) is 13.0 Å². The molecular weight excluding hydrogens is 302 g/mol. The van der Waals surface area contributed by atoms with Crippen molar-refractivity contribution >= 4 is 27.8 Å². The van der Waals surface area contributed by atoms with Gasteiger partial charge in [0.2, 0.25) is 0 Å². The first-order valence-corrected chi connectivity index (χ1v) is 6.57. The molecular formula is C12H16BrNO4. The number of esters is 1. The van der Waals surface area contributed by atoms with E-state index in [4.69, 9.17) is 9.15 Å². The third-order valence-electron chi connectivity index (χ3n) is 2.25. The summed E-state index contributed by atoms with van der Waals surface area (Å²) in [5.74, 6) is -0.649. The summed E-state index contributed by atoms with van der Waals surface area (Å²) < 4.78 is 10.2. The average molecular weight is 318 g/mol. The maximum Gasteiger partial charge on any atom is 0.325 e. The zero-order chi connectivity index (χ0) is 13.5. The quantitative estimate of drug-likeness (QED) is 0.756. The zero-order valence-corrected chi connectivity index (χ0v) is 12.0. The molecule has 0 N–H and O–H groups in total. The van der Waals surface area contributed by atoms with Crippen LogP contribution in [-0.4, -0.2) is 36.5 Å². The van der Waals surface area contributed by atoms with Crippen molar-refractivity contribution in [2.45, 2.75) is 20.3 Å². The first-order chi connectivity index (χ1) is 8.60. The van der Waals surface area contributed by atoms with Gasteiger partial charge in [-0.2, -0.15) is 0 Å². The standard InChI is InChI=1S/C12H16BrNO4/c1-3-6-14(8-10(15)17-4-2)12(16)9-5-7-18-11(9)13/h5,7H,3-4,6,8H2,1-2H3. The van der Waals surface area contributed by atoms with Gasteiger partial charge in [0.15, 0.2) is 4.67 Å². The highest BCUT2D eigenvalue weighted by Gasteiger charge is 2.22. The Morgan fingerprint density at radius 1 is 1.44 bits per heavy atom. The summed E-state index contributed by atoms with van der Waals surface area (Å²) in [5, 5.41) is 0. The average Bonchev–Trinajstić information content (AvgIpc) is 2.74. The second-order valence-corrected chi connectivity index (χ2v) is 4.36. The van der Waals surface area contributed by atoms with Crippen LogP contribution in [0.15, 0.2) is 21.4 Å². The Morgan fingerprint density at radius 2 is 2.17 bits per heavy atom. The van der Waals surface area contributed by atoms with Crippen molar-refractivity contribution in [2.24, 2.45) is 0 Å². The molecule has 0 radical (unpaired) electrons. The predicted molar refractivity (Wildman–Crippen MR) is 69.2 cm³/mol. The molecule has 0 saturated carbocycles. The molecule has 0 unspecified atom stereocenters. The van der Waals surface area contributed by atoms with Gasteiger partial charge < -0.3 is 14.1 Å². The number of carbonyl (C=O) groups is 2. The Labute approximate surface area is 114 Å². The largest absolute Gasteiger partial charge is 0.465 e. The lowest BCUT2D eigenvalue weighted by molar-refractivity contribution is -0.143. The molecule has 0 atom stereocenters. The molecule has 1 aromatic heterocycles. The van der Waals surface area contributed by atoms with Crippen molar-refractivity contribution in [1.82, 2.24) is 4.90 Å². The zero-order valence-electron chi connectivity index (χ0n) is 10.4. The fraction of sp³-hybridized carbons (Fsp3) is 0.500. The van der Waals surface area contributed by atoms with Crippen molar-refractivity contribution in [3.05, 3.63) is 22.6 Å². The molecule has 0 aromatic carbocycles. The number of furan rings is 1. The molecule has 0 aliphatic rings. The fourth-order valence-electron chi connectivity index (χ4n) is 1.50. The van der Waals surface area contributed by atoms with Gasteiger partial charge in [0.05, 0.1) is 18.4 Å². The van der Waals surface area contributed by atoms with Gasteiger partial charge in [0, 0.05) is 6.54 Å². The van der Waals surface area contributed by atoms with Crippen LogP contribution in [-0.2, 0) is 9.53 Å². The number of halogens is 1. The highest BCUT2D eigenvalue weighted by Crippen LogP contribution is 2.19. The van der Waals surface area contributed by atoms with Crippen LogP contribution in [0.1, 0.15) is 30.6 Å². The highest BCUT2D eigenvalue weighted by atomic mass is 79.9. The second kappa shape index (κ2) is 7.20. The number of hydrogen-bond acceptors (Lipinski definition) is 4. The molecule has 6 heteroatoms. The van der Waals surface area contributed by atoms with E-state index >= 15 is 0 Å². The molecule has 0 saturated heterocycles. The normalized spacial score (nSPS) is 10.2. The van der Waals surface area contributed by atoms with Crippen molar-refractivity contribution in [2.75, 3.05) is 19.7 Å². The van der Waals surface area contributed by atoms with E-state index in [0.717, 1.165) is 6.42 Å². The van der Waals surface area contributed by atoms with Crippen molar-refractivity contribution in [1.29, 1.82) is 0 Å². The summed E-state index contributed by atoms with van der Waals surface area (Å²) in [4.78, 5) is 25.1. The van der Waals surface area contributed by atoms with Crippen LogP contribution >= 0.6 is 15.9 Å². The number of ether oxygens (including phenoxy) is 1. The van der Waals surface area contributed by atoms with Crippen LogP contribution in [0.3, 0.4) is 0 Å². The smallest absolute Gasteiger partial charge is 0.325 e. The summed E-state index contributed by atoms with van der Waals surface area (Å²) in [6, 6.07) is 1.57. The van der Waals surface area contributed by atoms with Gasteiger partial charge in [-0.15, -0.1) is 0 Å². The van der Waals surface area contributed by atoms with Crippen LogP contribution in [0.4, 0.5) is 0 Å². The van der Waals surface area contributed by atoms with Gasteiger partial charge in [-0.1, -0.05) is 6.92 Å². The van der Waals surface area contributed by atoms with Crippen LogP contribution in [0, 0.1) is 0 Å². The SMILES string of the molecule is CCCN(CC(=O)OCC)C(=O)c1ccoc1Br. The third-order valence-corrected chi connectivity index (χ3v) is 2.87. The molecule has 1 amide bonds. The van der Waals surface area contributed by atoms with Crippen molar-refractivity contribution in [3.8, 4) is 0 Å². The molecule has 18 heavy (non-hydrogen) atoms. The van der Waals surface area contributed by atoms with E-state index in [-0.39, 0.29) is 12.5 Å². The lowest BCUT2D eigenvalue weighted by atomic mass is 10.2. The Hall–Kier alpha value is -1.30. The van der Waals surface area contributed by atoms with Gasteiger partial charge in [-0.3, -0.25) is 9.59 Å². The van der Waals surface area contributed by atoms with E-state index in [1.807, 2.05) is 6.92 Å². The number of carbonyl (C=O) groups excluding carboxylic acids is 2. The molecule has 0 aliphatic heterocycles. The van der Waals surface area contributed by atoms with Crippen LogP contribution in [0.25, 0.3) is 0 Å². The minimum atomic E-state index is -0.404. The third kappa shape index (κ3) is 3.87. The molecule has 1 heterocycles. The number of nitrogens with zero attached hydrogens (tertiary/aromatic N) is 1. The minimum absolute atomic E-state index is 0.0435. The van der Waals surface area contributed by atoms with Gasteiger partial charge >= 0.3 is 5.97 Å². The Balaban J connectivity index is 2.75. The van der Waals surface area contributed by atoms with E-state index in [1.165, 1.54) is 11.2 Å². The molecule has 100 valence electrons. The summed E-state index contributed by atoms with van der Waals surface area (Å²) >= 11 is 3.15. The van der Waals surface area contributed by atoms with E-state index in [9.17, 15) is 9.59 Å². The molecule has 1 aromatic rings. The Kier molecular flexibility index (Phi) is 5.91. The van der Waals surface area contributed by atoms with Crippen LogP contribution < -0.4 is 0 Å². The highest BCUT2D eigenvalue weighted by molar-refractivity contribution is 9.10. The van der Waals surface area contributed by atoms with Crippen molar-refractivity contribution < 1.29 is 18.7 Å². The topological polar surface area (TPSA) is 59.8 Å². The lowest BCUT2D eigenvalue weighted by Crippen LogP contribution is -2.37. The first-order valence-electron chi connectivity index (χ1n) is 5.78. The summed E-state index contributed by atoms with van der Waals surface area (Å²) in [6.07, 6.45) is 2.19. The summed E-state index contributed by atoms with van der Waals surface area (Å²) in [5.41, 5.74) is 0.410. The molecule has 0 spiro atoms. The number of hydrogen-bond donors (Lipinski definition) is 0. The van der Waals surface area contributed by atoms with E-state index < -0.39 is 5.97 Å². The minimum Gasteiger partial charge on any atom is -0.465 e. The molecule has 5 nitrogen and oxygen atoms in total. The summed E-state index contributed by atoms with van der Waals surface area (Å²) in [6.45, 7) is 4.43. The summed E-state index contributed by atoms with van der Waals surface area (Å²) in [7, 11) is 0. The second-order valence-electron chi connectivity index (χ2n) is 3.64. The predicted octanol–water partition coefficient (Wildman–Crippen LogP) is 2.46. The van der Waals surface area contributed by atoms with E-state index in [0.29, 0.717) is 23.4 Å². The number of rotatable bonds is 6. The first kappa shape index (κ1) is 14.8. The van der Waals surface area contributed by atoms with Crippen LogP contribution in [0.5, 0.6) is 0 Å². The lowest BCUT2D eigenvalue weighted by Gasteiger charge is -2.20. The van der Waals surface area contributed by atoms with Gasteiger partial charge in [0.1, 0.15) is 6.54 Å². The Bertz CT molecular complexity index is 416. The van der Waals surface area contributed by atoms with E-state index in [2.05, 4.69) is 15.9 Å². The number of amides is 1. The molecule has 0 fully saturated rings. The van der Waals surface area contributed by atoms with Crippen LogP contribution in [0.2, 0.25) is 0 Å². The maximum atomic E-state index is 12.2.